The summed E-state index contributed by atoms with van der Waals surface area (Å²) in [7, 11) is 0. The molecule has 4 heterocycles. The first-order chi connectivity index (χ1) is 18.8. The Morgan fingerprint density at radius 2 is 1.85 bits per heavy atom. The Labute approximate surface area is 226 Å². The van der Waals surface area contributed by atoms with Crippen molar-refractivity contribution in [3.05, 3.63) is 53.9 Å². The van der Waals surface area contributed by atoms with Gasteiger partial charge in [-0.2, -0.15) is 4.98 Å². The number of nitrogens with zero attached hydrogens (tertiary/aromatic N) is 6. The van der Waals surface area contributed by atoms with Gasteiger partial charge < -0.3 is 29.5 Å². The molecule has 2 fully saturated rings. The van der Waals surface area contributed by atoms with E-state index in [2.05, 4.69) is 20.1 Å². The molecule has 0 radical (unpaired) electrons. The fourth-order valence-electron chi connectivity index (χ4n) is 5.01. The first-order valence-corrected chi connectivity index (χ1v) is 13.3. The zero-order chi connectivity index (χ0) is 27.5. The Morgan fingerprint density at radius 3 is 2.54 bits per heavy atom. The van der Waals surface area contributed by atoms with Crippen molar-refractivity contribution in [1.82, 2.24) is 25.0 Å². The van der Waals surface area contributed by atoms with Gasteiger partial charge in [-0.1, -0.05) is 23.4 Å². The third kappa shape index (κ3) is 6.17. The molecule has 11 nitrogen and oxygen atoms in total. The molecule has 2 saturated heterocycles. The van der Waals surface area contributed by atoms with Gasteiger partial charge in [0.1, 0.15) is 11.9 Å². The predicted octanol–water partition coefficient (Wildman–Crippen LogP) is 3.68. The first kappa shape index (κ1) is 26.9. The molecule has 12 heteroatoms. The van der Waals surface area contributed by atoms with Crippen molar-refractivity contribution in [3.8, 4) is 11.4 Å². The number of likely N-dealkylation sites (tertiary alicyclic amines) is 1. The molecular weight excluding hydrogens is 505 g/mol. The van der Waals surface area contributed by atoms with Gasteiger partial charge in [-0.05, 0) is 45.2 Å². The number of aromatic nitrogens is 4. The lowest BCUT2D eigenvalue weighted by Crippen LogP contribution is -2.42. The molecule has 39 heavy (non-hydrogen) atoms. The van der Waals surface area contributed by atoms with Crippen molar-refractivity contribution in [2.45, 2.75) is 63.9 Å². The third-order valence-electron chi connectivity index (χ3n) is 7.07. The second-order valence-electron chi connectivity index (χ2n) is 10.3. The van der Waals surface area contributed by atoms with E-state index in [4.69, 9.17) is 19.7 Å². The van der Waals surface area contributed by atoms with Gasteiger partial charge in [0.15, 0.2) is 0 Å². The first-order valence-electron chi connectivity index (χ1n) is 13.3. The second kappa shape index (κ2) is 11.6. The number of carbonyl (C=O) groups is 1. The quantitative estimate of drug-likeness (QED) is 0.474. The lowest BCUT2D eigenvalue weighted by atomic mass is 9.94. The molecule has 1 aromatic carbocycles. The van der Waals surface area contributed by atoms with E-state index in [-0.39, 0.29) is 36.1 Å². The van der Waals surface area contributed by atoms with E-state index >= 15 is 0 Å². The van der Waals surface area contributed by atoms with Crippen LogP contribution >= 0.6 is 0 Å². The number of hydrogen-bond donors (Lipinski definition) is 1. The summed E-state index contributed by atoms with van der Waals surface area (Å²) in [5.41, 5.74) is 7.55. The molecule has 0 aliphatic carbocycles. The molecule has 0 saturated carbocycles. The van der Waals surface area contributed by atoms with Gasteiger partial charge in [-0.15, -0.1) is 0 Å². The lowest BCUT2D eigenvalue weighted by molar-refractivity contribution is -0.0475. The van der Waals surface area contributed by atoms with Crippen molar-refractivity contribution in [3.63, 3.8) is 0 Å². The molecule has 2 aromatic heterocycles. The summed E-state index contributed by atoms with van der Waals surface area (Å²) in [6, 6.07) is 6.49. The second-order valence-corrected chi connectivity index (χ2v) is 10.3. The van der Waals surface area contributed by atoms with Gasteiger partial charge in [0.2, 0.25) is 11.8 Å². The van der Waals surface area contributed by atoms with Crippen LogP contribution in [-0.4, -0.2) is 75.5 Å². The molecule has 5 rings (SSSR count). The highest BCUT2D eigenvalue weighted by Gasteiger charge is 2.34. The summed E-state index contributed by atoms with van der Waals surface area (Å²) in [4.78, 5) is 29.2. The number of rotatable bonds is 7. The smallest absolute Gasteiger partial charge is 0.410 e. The van der Waals surface area contributed by atoms with Crippen LogP contribution in [0, 0.1) is 5.82 Å². The van der Waals surface area contributed by atoms with Crippen LogP contribution in [0.3, 0.4) is 0 Å². The minimum absolute atomic E-state index is 0.0268. The Hall–Kier alpha value is -3.64. The highest BCUT2D eigenvalue weighted by atomic mass is 19.1. The number of nitrogens with two attached hydrogens (primary N) is 1. The molecule has 208 valence electrons. The van der Waals surface area contributed by atoms with Crippen LogP contribution in [0.5, 0.6) is 0 Å². The number of halogens is 1. The van der Waals surface area contributed by atoms with Crippen LogP contribution in [0.15, 0.2) is 41.2 Å². The third-order valence-corrected chi connectivity index (χ3v) is 7.07. The molecular formula is C27H34FN7O4. The maximum absolute atomic E-state index is 14.3. The van der Waals surface area contributed by atoms with Crippen LogP contribution in [0.1, 0.15) is 57.1 Å². The molecule has 2 N–H and O–H groups in total. The molecule has 3 aromatic rings. The van der Waals surface area contributed by atoms with Crippen molar-refractivity contribution in [2.75, 3.05) is 31.1 Å². The van der Waals surface area contributed by atoms with E-state index in [0.29, 0.717) is 67.8 Å². The number of benzene rings is 1. The standard InChI is InChI=1S/C27H34FN7O4/c1-16(2)37-27(36)34-10-8-19(9-11-34)38-17(3)25-32-24(33-39-25)18-12-30-26(31-13-18)35-14-21(23(29)15-35)20-6-4-5-7-22(20)28/h4-7,12-13,16-17,19,21,23H,8-11,14-15,29H2,1-3H3/t17-,21-,23+/m1/s1. The number of ether oxygens (including phenoxy) is 2. The zero-order valence-corrected chi connectivity index (χ0v) is 22.4. The van der Waals surface area contributed by atoms with Crippen molar-refractivity contribution < 1.29 is 23.2 Å². The van der Waals surface area contributed by atoms with Gasteiger partial charge in [-0.3, -0.25) is 0 Å². The van der Waals surface area contributed by atoms with Crippen LogP contribution in [0.4, 0.5) is 15.1 Å². The number of piperidine rings is 1. The zero-order valence-electron chi connectivity index (χ0n) is 22.4. The van der Waals surface area contributed by atoms with E-state index in [1.165, 1.54) is 6.07 Å². The minimum atomic E-state index is -0.410. The van der Waals surface area contributed by atoms with Crippen LogP contribution in [-0.2, 0) is 9.47 Å². The molecule has 0 spiro atoms. The summed E-state index contributed by atoms with van der Waals surface area (Å²) in [6.45, 7) is 7.73. The summed E-state index contributed by atoms with van der Waals surface area (Å²) in [5.74, 6) is 0.836. The molecule has 0 bridgehead atoms. The van der Waals surface area contributed by atoms with Crippen molar-refractivity contribution in [1.29, 1.82) is 0 Å². The summed E-state index contributed by atoms with van der Waals surface area (Å²) < 4.78 is 31.2. The summed E-state index contributed by atoms with van der Waals surface area (Å²) in [5, 5.41) is 4.07. The fraction of sp³-hybridized carbons (Fsp3) is 0.519. The molecule has 2 aliphatic heterocycles. The largest absolute Gasteiger partial charge is 0.447 e. The van der Waals surface area contributed by atoms with Crippen molar-refractivity contribution >= 4 is 12.0 Å². The topological polar surface area (TPSA) is 133 Å². The normalized spacial score (nSPS) is 21.0. The lowest BCUT2D eigenvalue weighted by Gasteiger charge is -2.32. The minimum Gasteiger partial charge on any atom is -0.447 e. The maximum Gasteiger partial charge on any atom is 0.410 e. The van der Waals surface area contributed by atoms with E-state index < -0.39 is 6.10 Å². The number of carbonyl (C=O) groups excluding carboxylic acids is 1. The monoisotopic (exact) mass is 539 g/mol. The number of anilines is 1. The fourth-order valence-corrected chi connectivity index (χ4v) is 5.01. The molecule has 3 atom stereocenters. The SMILES string of the molecule is CC(C)OC(=O)N1CCC(O[C@H](C)c2nc(-c3cnc(N4C[C@H](c5ccccc5F)[C@@H](N)C4)nc3)no2)CC1. The number of hydrogen-bond acceptors (Lipinski definition) is 10. The highest BCUT2D eigenvalue weighted by Crippen LogP contribution is 2.31. The Balaban J connectivity index is 1.16. The van der Waals surface area contributed by atoms with E-state index in [1.807, 2.05) is 31.7 Å². The maximum atomic E-state index is 14.3. The molecule has 0 unspecified atom stereocenters. The van der Waals surface area contributed by atoms with Gasteiger partial charge >= 0.3 is 6.09 Å². The Morgan fingerprint density at radius 1 is 1.13 bits per heavy atom. The average Bonchev–Trinajstić information content (AvgIpc) is 3.57. The van der Waals surface area contributed by atoms with Crippen LogP contribution in [0.2, 0.25) is 0 Å². The van der Waals surface area contributed by atoms with E-state index in [1.54, 1.807) is 29.4 Å². The van der Waals surface area contributed by atoms with Gasteiger partial charge in [0.05, 0.1) is 17.8 Å². The summed E-state index contributed by atoms with van der Waals surface area (Å²) >= 11 is 0. The van der Waals surface area contributed by atoms with Gasteiger partial charge in [0.25, 0.3) is 5.89 Å². The van der Waals surface area contributed by atoms with Crippen molar-refractivity contribution in [2.24, 2.45) is 5.73 Å². The number of amides is 1. The van der Waals surface area contributed by atoms with Gasteiger partial charge in [-0.25, -0.2) is 19.2 Å². The average molecular weight is 540 g/mol. The highest BCUT2D eigenvalue weighted by molar-refractivity contribution is 5.67. The molecule has 1 amide bonds. The van der Waals surface area contributed by atoms with E-state index in [9.17, 15) is 9.18 Å². The Bertz CT molecular complexity index is 1260. The van der Waals surface area contributed by atoms with Gasteiger partial charge in [0, 0.05) is 50.5 Å². The molecule has 2 aliphatic rings. The Kier molecular flexibility index (Phi) is 8.03. The predicted molar refractivity (Wildman–Crippen MR) is 140 cm³/mol. The van der Waals surface area contributed by atoms with Crippen LogP contribution < -0.4 is 10.6 Å². The van der Waals surface area contributed by atoms with Crippen LogP contribution in [0.25, 0.3) is 11.4 Å². The summed E-state index contributed by atoms with van der Waals surface area (Å²) in [6.07, 6.45) is 3.80. The van der Waals surface area contributed by atoms with E-state index in [0.717, 1.165) is 0 Å².